The van der Waals surface area contributed by atoms with Crippen LogP contribution in [0.5, 0.6) is 0 Å². The summed E-state index contributed by atoms with van der Waals surface area (Å²) in [5, 5.41) is 0. The summed E-state index contributed by atoms with van der Waals surface area (Å²) < 4.78 is 5.75. The molecular weight excluding hydrogens is 446 g/mol. The second-order valence-corrected chi connectivity index (χ2v) is 8.73. The molecule has 0 saturated carbocycles. The van der Waals surface area contributed by atoms with Gasteiger partial charge in [0.1, 0.15) is 12.9 Å². The Balaban J connectivity index is 1.61. The Bertz CT molecular complexity index is 1160. The van der Waals surface area contributed by atoms with E-state index in [0.717, 1.165) is 17.4 Å². The van der Waals surface area contributed by atoms with Crippen molar-refractivity contribution in [3.8, 4) is 0 Å². The maximum atomic E-state index is 13.5. The van der Waals surface area contributed by atoms with Crippen molar-refractivity contribution in [1.29, 1.82) is 0 Å². The van der Waals surface area contributed by atoms with Gasteiger partial charge in [-0.3, -0.25) is 0 Å². The van der Waals surface area contributed by atoms with E-state index in [-0.39, 0.29) is 18.9 Å². The molecule has 0 aliphatic carbocycles. The molecular formula is C32H31NO3. The summed E-state index contributed by atoms with van der Waals surface area (Å²) in [6.07, 6.45) is 1.35. The lowest BCUT2D eigenvalue weighted by molar-refractivity contribution is -0.108. The monoisotopic (exact) mass is 477 g/mol. The number of nitrogens with zero attached hydrogens (tertiary/aromatic N) is 1. The van der Waals surface area contributed by atoms with Gasteiger partial charge in [-0.05, 0) is 28.7 Å². The van der Waals surface area contributed by atoms with Crippen molar-refractivity contribution in [1.82, 2.24) is 4.90 Å². The number of carbonyl (C=O) groups excluding carboxylic acids is 2. The molecule has 0 bridgehead atoms. The van der Waals surface area contributed by atoms with E-state index in [1.165, 1.54) is 11.1 Å². The highest BCUT2D eigenvalue weighted by Gasteiger charge is 2.28. The Morgan fingerprint density at radius 1 is 0.694 bits per heavy atom. The minimum Gasteiger partial charge on any atom is -0.445 e. The van der Waals surface area contributed by atoms with Gasteiger partial charge >= 0.3 is 6.09 Å². The first-order chi connectivity index (χ1) is 17.8. The lowest BCUT2D eigenvalue weighted by atomic mass is 9.88. The van der Waals surface area contributed by atoms with Crippen LogP contribution in [0.25, 0.3) is 0 Å². The number of hydrogen-bond acceptors (Lipinski definition) is 3. The molecule has 0 N–H and O–H groups in total. The largest absolute Gasteiger partial charge is 0.445 e. The molecule has 4 heteroatoms. The van der Waals surface area contributed by atoms with Crippen molar-refractivity contribution in [2.75, 3.05) is 6.54 Å². The van der Waals surface area contributed by atoms with Gasteiger partial charge in [0.25, 0.3) is 0 Å². The van der Waals surface area contributed by atoms with E-state index < -0.39 is 12.1 Å². The molecule has 0 fully saturated rings. The molecule has 36 heavy (non-hydrogen) atoms. The molecule has 0 saturated heterocycles. The van der Waals surface area contributed by atoms with Gasteiger partial charge < -0.3 is 14.4 Å². The van der Waals surface area contributed by atoms with Gasteiger partial charge in [-0.15, -0.1) is 0 Å². The number of ether oxygens (including phenoxy) is 1. The van der Waals surface area contributed by atoms with E-state index in [4.69, 9.17) is 4.74 Å². The highest BCUT2D eigenvalue weighted by atomic mass is 16.6. The van der Waals surface area contributed by atoms with Crippen LogP contribution in [0.15, 0.2) is 121 Å². The van der Waals surface area contributed by atoms with Crippen molar-refractivity contribution in [3.05, 3.63) is 144 Å². The molecule has 1 atom stereocenters. The van der Waals surface area contributed by atoms with E-state index in [2.05, 4.69) is 24.3 Å². The molecule has 0 heterocycles. The van der Waals surface area contributed by atoms with E-state index in [1.54, 1.807) is 4.90 Å². The predicted octanol–water partition coefficient (Wildman–Crippen LogP) is 7.18. The van der Waals surface area contributed by atoms with Crippen LogP contribution in [0.4, 0.5) is 4.79 Å². The van der Waals surface area contributed by atoms with Gasteiger partial charge in [0, 0.05) is 18.9 Å². The van der Waals surface area contributed by atoms with Crippen molar-refractivity contribution < 1.29 is 14.3 Å². The van der Waals surface area contributed by atoms with Crippen LogP contribution in [-0.2, 0) is 16.1 Å². The third-order valence-corrected chi connectivity index (χ3v) is 6.38. The molecule has 4 aromatic carbocycles. The zero-order valence-corrected chi connectivity index (χ0v) is 20.3. The molecule has 0 aliphatic rings. The fraction of sp³-hybridized carbons (Fsp3) is 0.188. The van der Waals surface area contributed by atoms with Crippen LogP contribution in [-0.4, -0.2) is 23.8 Å². The molecule has 0 aromatic heterocycles. The fourth-order valence-corrected chi connectivity index (χ4v) is 4.55. The van der Waals surface area contributed by atoms with Crippen LogP contribution in [0.2, 0.25) is 0 Å². The highest BCUT2D eigenvalue weighted by molar-refractivity contribution is 5.69. The minimum atomic E-state index is -0.422. The summed E-state index contributed by atoms with van der Waals surface area (Å²) >= 11 is 0. The average molecular weight is 478 g/mol. The van der Waals surface area contributed by atoms with E-state index in [9.17, 15) is 9.59 Å². The number of amides is 1. The normalized spacial score (nSPS) is 11.6. The molecule has 4 rings (SSSR count). The molecule has 4 nitrogen and oxygen atoms in total. The van der Waals surface area contributed by atoms with Crippen molar-refractivity contribution in [2.24, 2.45) is 0 Å². The Morgan fingerprint density at radius 3 is 1.67 bits per heavy atom. The molecule has 1 unspecified atom stereocenters. The lowest BCUT2D eigenvalue weighted by Crippen LogP contribution is -2.37. The highest BCUT2D eigenvalue weighted by Crippen LogP contribution is 2.31. The number of rotatable bonds is 11. The van der Waals surface area contributed by atoms with Crippen LogP contribution in [0, 0.1) is 0 Å². The fourth-order valence-electron chi connectivity index (χ4n) is 4.55. The van der Waals surface area contributed by atoms with Crippen LogP contribution in [0.1, 0.15) is 47.1 Å². The molecule has 4 aromatic rings. The summed E-state index contributed by atoms with van der Waals surface area (Å²) in [5.74, 6) is 0.101. The Hall–Kier alpha value is -4.18. The van der Waals surface area contributed by atoms with Gasteiger partial charge in [-0.25, -0.2) is 4.79 Å². The zero-order chi connectivity index (χ0) is 25.0. The quantitative estimate of drug-likeness (QED) is 0.215. The van der Waals surface area contributed by atoms with Gasteiger partial charge in [0.05, 0.1) is 6.04 Å². The maximum Gasteiger partial charge on any atom is 0.410 e. The number of hydrogen-bond donors (Lipinski definition) is 0. The summed E-state index contributed by atoms with van der Waals surface area (Å²) in [6.45, 7) is 0.620. The van der Waals surface area contributed by atoms with E-state index in [0.29, 0.717) is 13.0 Å². The summed E-state index contributed by atoms with van der Waals surface area (Å²) in [7, 11) is 0. The SMILES string of the molecule is O=CCC(c1ccccc1)N(CCC(c1ccccc1)c1ccccc1)C(=O)OCc1ccccc1. The minimum absolute atomic E-state index is 0.101. The molecule has 0 radical (unpaired) electrons. The first-order valence-electron chi connectivity index (χ1n) is 12.3. The standard InChI is InChI=1S/C32H31NO3/c34-24-22-31(29-19-11-4-12-20-29)33(32(35)36-25-26-13-5-1-6-14-26)23-21-30(27-15-7-2-8-16-27)28-17-9-3-10-18-28/h1-20,24,30-31H,21-23,25H2. The smallest absolute Gasteiger partial charge is 0.410 e. The molecule has 0 aliphatic heterocycles. The van der Waals surface area contributed by atoms with Gasteiger partial charge in [-0.2, -0.15) is 0 Å². The lowest BCUT2D eigenvalue weighted by Gasteiger charge is -2.32. The predicted molar refractivity (Wildman–Crippen MR) is 143 cm³/mol. The van der Waals surface area contributed by atoms with Crippen LogP contribution >= 0.6 is 0 Å². The third-order valence-electron chi connectivity index (χ3n) is 6.38. The second kappa shape index (κ2) is 13.1. The molecule has 182 valence electrons. The second-order valence-electron chi connectivity index (χ2n) is 8.73. The van der Waals surface area contributed by atoms with Gasteiger partial charge in [-0.1, -0.05) is 121 Å². The topological polar surface area (TPSA) is 46.6 Å². The Kier molecular flexibility index (Phi) is 9.04. The average Bonchev–Trinajstić information content (AvgIpc) is 2.95. The van der Waals surface area contributed by atoms with E-state index in [1.807, 2.05) is 97.1 Å². The first kappa shape index (κ1) is 24.9. The molecule has 0 spiro atoms. The number of aldehydes is 1. The zero-order valence-electron chi connectivity index (χ0n) is 20.3. The maximum absolute atomic E-state index is 13.5. The number of carbonyl (C=O) groups is 2. The van der Waals surface area contributed by atoms with Crippen molar-refractivity contribution in [3.63, 3.8) is 0 Å². The van der Waals surface area contributed by atoms with Crippen molar-refractivity contribution >= 4 is 12.4 Å². The summed E-state index contributed by atoms with van der Waals surface area (Å²) in [5.41, 5.74) is 4.21. The Morgan fingerprint density at radius 2 is 1.17 bits per heavy atom. The van der Waals surface area contributed by atoms with Crippen LogP contribution in [0.3, 0.4) is 0 Å². The van der Waals surface area contributed by atoms with E-state index >= 15 is 0 Å². The summed E-state index contributed by atoms with van der Waals surface area (Å²) in [6, 6.07) is 39.6. The van der Waals surface area contributed by atoms with Crippen molar-refractivity contribution in [2.45, 2.75) is 31.4 Å². The van der Waals surface area contributed by atoms with Gasteiger partial charge in [0.2, 0.25) is 0 Å². The molecule has 1 amide bonds. The number of benzene rings is 4. The third kappa shape index (κ3) is 6.70. The van der Waals surface area contributed by atoms with Crippen LogP contribution < -0.4 is 0 Å². The Labute approximate surface area is 213 Å². The first-order valence-corrected chi connectivity index (χ1v) is 12.3. The summed E-state index contributed by atoms with van der Waals surface area (Å²) in [4.78, 5) is 26.9. The van der Waals surface area contributed by atoms with Gasteiger partial charge in [0.15, 0.2) is 0 Å².